The van der Waals surface area contributed by atoms with Crippen molar-refractivity contribution in [3.63, 3.8) is 0 Å². The molecule has 3 aromatic carbocycles. The van der Waals surface area contributed by atoms with E-state index in [1.807, 2.05) is 12.2 Å². The van der Waals surface area contributed by atoms with Gasteiger partial charge in [-0.2, -0.15) is 0 Å². The summed E-state index contributed by atoms with van der Waals surface area (Å²) in [5, 5.41) is 4.12. The third kappa shape index (κ3) is 10.1. The van der Waals surface area contributed by atoms with Gasteiger partial charge in [0.05, 0.1) is 5.54 Å². The van der Waals surface area contributed by atoms with Gasteiger partial charge >= 0.3 is 0 Å². The van der Waals surface area contributed by atoms with Crippen LogP contribution in [0.3, 0.4) is 0 Å². The molecule has 53 heavy (non-hydrogen) atoms. The number of hydrogen-bond acceptors (Lipinski definition) is 1. The summed E-state index contributed by atoms with van der Waals surface area (Å²) in [6.45, 7) is 26.7. The largest absolute Gasteiger partial charge is 0.372 e. The summed E-state index contributed by atoms with van der Waals surface area (Å²) in [6.07, 6.45) is 30.6. The fourth-order valence-electron chi connectivity index (χ4n) is 7.34. The Balaban J connectivity index is 1.88. The Hall–Kier alpha value is -5.14. The molecule has 1 N–H and O–H groups in total. The van der Waals surface area contributed by atoms with Crippen LogP contribution in [0.2, 0.25) is 0 Å². The summed E-state index contributed by atoms with van der Waals surface area (Å²) in [6, 6.07) is 32.4. The summed E-state index contributed by atoms with van der Waals surface area (Å²) in [7, 11) is 0. The molecular weight excluding hydrogens is 639 g/mol. The number of nitrogens with one attached hydrogen (secondary N) is 1. The molecule has 1 aliphatic carbocycles. The van der Waals surface area contributed by atoms with Gasteiger partial charge in [0.25, 0.3) is 0 Å². The molecule has 1 heteroatoms. The van der Waals surface area contributed by atoms with Gasteiger partial charge in [-0.15, -0.1) is 0 Å². The molecule has 0 saturated carbocycles. The van der Waals surface area contributed by atoms with Crippen molar-refractivity contribution in [2.24, 2.45) is 10.8 Å². The second-order valence-electron chi connectivity index (χ2n) is 15.4. The number of rotatable bonds is 16. The molecule has 0 amide bonds. The average molecular weight is 700 g/mol. The molecule has 4 rings (SSSR count). The number of benzene rings is 3. The minimum Gasteiger partial charge on any atom is -0.372 e. The summed E-state index contributed by atoms with van der Waals surface area (Å²) < 4.78 is 0. The minimum atomic E-state index is -0.533. The zero-order chi connectivity index (χ0) is 38.5. The molecule has 3 aromatic rings. The monoisotopic (exact) mass is 699 g/mol. The van der Waals surface area contributed by atoms with Crippen molar-refractivity contribution in [2.75, 3.05) is 0 Å². The molecule has 3 unspecified atom stereocenters. The van der Waals surface area contributed by atoms with Crippen molar-refractivity contribution in [2.45, 2.75) is 79.2 Å². The van der Waals surface area contributed by atoms with Gasteiger partial charge in [-0.25, -0.2) is 0 Å². The average Bonchev–Trinajstić information content (AvgIpc) is 3.55. The Morgan fingerprint density at radius 2 is 1.42 bits per heavy atom. The lowest BCUT2D eigenvalue weighted by molar-refractivity contribution is 0.407. The van der Waals surface area contributed by atoms with E-state index >= 15 is 0 Å². The van der Waals surface area contributed by atoms with E-state index in [-0.39, 0.29) is 10.8 Å². The quantitative estimate of drug-likeness (QED) is 0.147. The van der Waals surface area contributed by atoms with Gasteiger partial charge in [-0.1, -0.05) is 218 Å². The lowest BCUT2D eigenvalue weighted by Crippen LogP contribution is -2.44. The Morgan fingerprint density at radius 3 is 1.96 bits per heavy atom. The SMILES string of the molecule is C=C/C=C\C=C/C1(C)C=CC(/C(=C/C)C(CC)(NC(=C)/C(=C\C(C)(/C=C\C(=C/CC)c2ccccc2)c2ccccc2)C(C)(C)C)c2ccccc2)=C1. The van der Waals surface area contributed by atoms with Crippen LogP contribution < -0.4 is 5.32 Å². The standard InChI is InChI=1S/C52H61N/c1-11-15-16-26-36-50(9)37-34-44(39-50)47(13-3)52(14-4,46-32-24-19-25-33-46)53-41(5)48(49(6,7)8)40-51(10,45-30-22-18-23-31-45)38-35-42(27-12-2)43-28-20-17-21-29-43/h11,13,15-40,53H,1,5,12,14H2,2-4,6-10H3/b16-15-,36-26-,38-35-,42-27+,47-13-,48-40+. The highest BCUT2D eigenvalue weighted by Gasteiger charge is 2.39. The maximum absolute atomic E-state index is 4.85. The van der Waals surface area contributed by atoms with Crippen molar-refractivity contribution >= 4 is 5.57 Å². The summed E-state index contributed by atoms with van der Waals surface area (Å²) in [5.41, 5.74) is 8.06. The molecule has 0 spiro atoms. The molecule has 0 bridgehead atoms. The van der Waals surface area contributed by atoms with Crippen LogP contribution in [-0.2, 0) is 11.0 Å². The second-order valence-corrected chi connectivity index (χ2v) is 15.4. The number of hydrogen-bond donors (Lipinski definition) is 1. The minimum absolute atomic E-state index is 0.201. The molecular formula is C52H61N. The van der Waals surface area contributed by atoms with Gasteiger partial charge in [0.1, 0.15) is 0 Å². The van der Waals surface area contributed by atoms with E-state index in [2.05, 4.69) is 219 Å². The predicted molar refractivity (Wildman–Crippen MR) is 233 cm³/mol. The molecule has 3 atom stereocenters. The Bertz CT molecular complexity index is 1940. The molecule has 1 aliphatic rings. The predicted octanol–water partition coefficient (Wildman–Crippen LogP) is 14.1. The van der Waals surface area contributed by atoms with Gasteiger partial charge in [-0.05, 0) is 78.0 Å². The van der Waals surface area contributed by atoms with E-state index in [0.717, 1.165) is 18.5 Å². The van der Waals surface area contributed by atoms with Crippen molar-refractivity contribution in [1.29, 1.82) is 0 Å². The van der Waals surface area contributed by atoms with Crippen LogP contribution in [0.5, 0.6) is 0 Å². The van der Waals surface area contributed by atoms with Gasteiger partial charge in [0.15, 0.2) is 0 Å². The van der Waals surface area contributed by atoms with Crippen molar-refractivity contribution in [3.05, 3.63) is 222 Å². The Morgan fingerprint density at radius 1 is 0.811 bits per heavy atom. The smallest absolute Gasteiger partial charge is 0.0879 e. The van der Waals surface area contributed by atoms with Crippen LogP contribution in [0.1, 0.15) is 84.9 Å². The summed E-state index contributed by atoms with van der Waals surface area (Å²) >= 11 is 0. The highest BCUT2D eigenvalue weighted by Crippen LogP contribution is 2.45. The van der Waals surface area contributed by atoms with Crippen LogP contribution in [0.15, 0.2) is 206 Å². The first-order valence-electron chi connectivity index (χ1n) is 19.2. The summed E-state index contributed by atoms with van der Waals surface area (Å²) in [4.78, 5) is 0. The highest BCUT2D eigenvalue weighted by atomic mass is 15.0. The van der Waals surface area contributed by atoms with Gasteiger partial charge in [0, 0.05) is 16.5 Å². The molecule has 274 valence electrons. The van der Waals surface area contributed by atoms with Crippen molar-refractivity contribution < 1.29 is 0 Å². The third-order valence-corrected chi connectivity index (χ3v) is 10.2. The van der Waals surface area contributed by atoms with E-state index < -0.39 is 11.0 Å². The van der Waals surface area contributed by atoms with Crippen molar-refractivity contribution in [1.82, 2.24) is 5.32 Å². The maximum Gasteiger partial charge on any atom is 0.0879 e. The zero-order valence-corrected chi connectivity index (χ0v) is 33.5. The van der Waals surface area contributed by atoms with Crippen molar-refractivity contribution in [3.8, 4) is 0 Å². The first kappa shape index (κ1) is 40.6. The first-order chi connectivity index (χ1) is 25.3. The maximum atomic E-state index is 4.85. The van der Waals surface area contributed by atoms with E-state index in [1.54, 1.807) is 6.08 Å². The third-order valence-electron chi connectivity index (χ3n) is 10.2. The zero-order valence-electron chi connectivity index (χ0n) is 33.5. The molecule has 1 nitrogen and oxygen atoms in total. The highest BCUT2D eigenvalue weighted by molar-refractivity contribution is 5.74. The second kappa shape index (κ2) is 18.1. The fourth-order valence-corrected chi connectivity index (χ4v) is 7.34. The van der Waals surface area contributed by atoms with Gasteiger partial charge in [0.2, 0.25) is 0 Å². The van der Waals surface area contributed by atoms with Crippen LogP contribution in [0.4, 0.5) is 0 Å². The van der Waals surface area contributed by atoms with Gasteiger partial charge in [-0.3, -0.25) is 0 Å². The van der Waals surface area contributed by atoms with Crippen LogP contribution in [0, 0.1) is 10.8 Å². The molecule has 0 heterocycles. The van der Waals surface area contributed by atoms with Crippen LogP contribution in [-0.4, -0.2) is 0 Å². The van der Waals surface area contributed by atoms with Crippen LogP contribution >= 0.6 is 0 Å². The topological polar surface area (TPSA) is 12.0 Å². The first-order valence-corrected chi connectivity index (χ1v) is 19.2. The lowest BCUT2D eigenvalue weighted by Gasteiger charge is -2.41. The molecule has 0 saturated heterocycles. The molecule has 0 radical (unpaired) electrons. The van der Waals surface area contributed by atoms with E-state index in [9.17, 15) is 0 Å². The Kier molecular flexibility index (Phi) is 13.8. The normalized spacial score (nSPS) is 19.4. The van der Waals surface area contributed by atoms with E-state index in [4.69, 9.17) is 6.58 Å². The Labute approximate surface area is 322 Å². The number of allylic oxidation sites excluding steroid dienone is 15. The molecule has 0 aliphatic heterocycles. The van der Waals surface area contributed by atoms with Gasteiger partial charge < -0.3 is 5.32 Å². The lowest BCUT2D eigenvalue weighted by atomic mass is 9.73. The fraction of sp³-hybridized carbons (Fsp3) is 0.269. The van der Waals surface area contributed by atoms with E-state index in [0.29, 0.717) is 0 Å². The molecule has 0 fully saturated rings. The summed E-state index contributed by atoms with van der Waals surface area (Å²) in [5.74, 6) is 0. The molecule has 0 aromatic heterocycles. The van der Waals surface area contributed by atoms with E-state index in [1.165, 1.54) is 39.0 Å². The van der Waals surface area contributed by atoms with Crippen LogP contribution in [0.25, 0.3) is 5.57 Å².